The normalized spacial score (nSPS) is 14.6. The van der Waals surface area contributed by atoms with Gasteiger partial charge < -0.3 is 15.1 Å². The SMILES string of the molecule is NCc1ccc(C(=O)N(Cc2ccsc2)C2CC2)o1. The number of hydrogen-bond donors (Lipinski definition) is 1. The van der Waals surface area contributed by atoms with Crippen LogP contribution in [0.3, 0.4) is 0 Å². The third-order valence-electron chi connectivity index (χ3n) is 3.26. The highest BCUT2D eigenvalue weighted by Crippen LogP contribution is 2.30. The summed E-state index contributed by atoms with van der Waals surface area (Å²) < 4.78 is 5.46. The topological polar surface area (TPSA) is 59.5 Å². The summed E-state index contributed by atoms with van der Waals surface area (Å²) in [5.74, 6) is 1.01. The molecule has 19 heavy (non-hydrogen) atoms. The molecule has 2 N–H and O–H groups in total. The van der Waals surface area contributed by atoms with Crippen LogP contribution in [0.4, 0.5) is 0 Å². The molecule has 2 aromatic heterocycles. The molecule has 0 saturated heterocycles. The fourth-order valence-electron chi connectivity index (χ4n) is 2.08. The number of thiophene rings is 1. The minimum Gasteiger partial charge on any atom is -0.455 e. The molecule has 2 heterocycles. The Hall–Kier alpha value is -1.59. The second-order valence-electron chi connectivity index (χ2n) is 4.77. The van der Waals surface area contributed by atoms with E-state index in [-0.39, 0.29) is 5.91 Å². The molecule has 3 rings (SSSR count). The lowest BCUT2D eigenvalue weighted by molar-refractivity contribution is 0.0696. The minimum absolute atomic E-state index is 0.0339. The molecule has 0 spiro atoms. The lowest BCUT2D eigenvalue weighted by Crippen LogP contribution is -2.32. The summed E-state index contributed by atoms with van der Waals surface area (Å²) >= 11 is 1.65. The smallest absolute Gasteiger partial charge is 0.290 e. The van der Waals surface area contributed by atoms with E-state index in [4.69, 9.17) is 10.2 Å². The summed E-state index contributed by atoms with van der Waals surface area (Å²) in [7, 11) is 0. The predicted molar refractivity (Wildman–Crippen MR) is 73.8 cm³/mol. The number of amides is 1. The van der Waals surface area contributed by atoms with E-state index in [9.17, 15) is 4.79 Å². The molecule has 1 amide bonds. The molecule has 0 bridgehead atoms. The van der Waals surface area contributed by atoms with Crippen molar-refractivity contribution in [3.8, 4) is 0 Å². The van der Waals surface area contributed by atoms with Crippen LogP contribution >= 0.6 is 11.3 Å². The monoisotopic (exact) mass is 276 g/mol. The Kier molecular flexibility index (Phi) is 3.40. The van der Waals surface area contributed by atoms with Crippen molar-refractivity contribution in [2.75, 3.05) is 0 Å². The summed E-state index contributed by atoms with van der Waals surface area (Å²) in [4.78, 5) is 14.4. The van der Waals surface area contributed by atoms with E-state index >= 15 is 0 Å². The second kappa shape index (κ2) is 5.19. The Morgan fingerprint density at radius 3 is 2.84 bits per heavy atom. The molecule has 0 radical (unpaired) electrons. The van der Waals surface area contributed by atoms with Crippen LogP contribution in [0, 0.1) is 0 Å². The van der Waals surface area contributed by atoms with Crippen LogP contribution in [0.1, 0.15) is 34.7 Å². The largest absolute Gasteiger partial charge is 0.455 e. The lowest BCUT2D eigenvalue weighted by Gasteiger charge is -2.20. The second-order valence-corrected chi connectivity index (χ2v) is 5.55. The van der Waals surface area contributed by atoms with Gasteiger partial charge in [-0.3, -0.25) is 4.79 Å². The van der Waals surface area contributed by atoms with Crippen LogP contribution in [0.15, 0.2) is 33.4 Å². The van der Waals surface area contributed by atoms with Gasteiger partial charge in [-0.1, -0.05) is 0 Å². The quantitative estimate of drug-likeness (QED) is 0.913. The van der Waals surface area contributed by atoms with Gasteiger partial charge in [-0.25, -0.2) is 0 Å². The Labute approximate surface area is 115 Å². The Bertz CT molecular complexity index is 558. The van der Waals surface area contributed by atoms with Crippen molar-refractivity contribution in [1.82, 2.24) is 4.90 Å². The first kappa shape index (κ1) is 12.4. The summed E-state index contributed by atoms with van der Waals surface area (Å²) in [5.41, 5.74) is 6.68. The highest BCUT2D eigenvalue weighted by molar-refractivity contribution is 7.07. The van der Waals surface area contributed by atoms with E-state index < -0.39 is 0 Å². The Balaban J connectivity index is 1.77. The van der Waals surface area contributed by atoms with E-state index in [1.807, 2.05) is 10.3 Å². The first-order chi connectivity index (χ1) is 9.28. The number of nitrogens with two attached hydrogens (primary N) is 1. The standard InChI is InChI=1S/C14H16N2O2S/c15-7-12-3-4-13(18-12)14(17)16(11-1-2-11)8-10-5-6-19-9-10/h3-6,9,11H,1-2,7-8,15H2. The van der Waals surface area contributed by atoms with Crippen LogP contribution in [0.25, 0.3) is 0 Å². The zero-order valence-corrected chi connectivity index (χ0v) is 11.4. The van der Waals surface area contributed by atoms with Crippen LogP contribution in [0.5, 0.6) is 0 Å². The third kappa shape index (κ3) is 2.72. The minimum atomic E-state index is -0.0339. The fraction of sp³-hybridized carbons (Fsp3) is 0.357. The Morgan fingerprint density at radius 1 is 1.42 bits per heavy atom. The molecule has 5 heteroatoms. The molecule has 0 unspecified atom stereocenters. The number of carbonyl (C=O) groups is 1. The van der Waals surface area contributed by atoms with Crippen LogP contribution in [-0.4, -0.2) is 16.8 Å². The van der Waals surface area contributed by atoms with Crippen molar-refractivity contribution in [3.05, 3.63) is 46.0 Å². The van der Waals surface area contributed by atoms with Gasteiger partial charge >= 0.3 is 0 Å². The van der Waals surface area contributed by atoms with Crippen molar-refractivity contribution in [1.29, 1.82) is 0 Å². The number of hydrogen-bond acceptors (Lipinski definition) is 4. The maximum atomic E-state index is 12.5. The molecule has 4 nitrogen and oxygen atoms in total. The summed E-state index contributed by atoms with van der Waals surface area (Å²) in [6, 6.07) is 5.90. The maximum Gasteiger partial charge on any atom is 0.290 e. The first-order valence-electron chi connectivity index (χ1n) is 6.39. The van der Waals surface area contributed by atoms with Crippen LogP contribution in [-0.2, 0) is 13.1 Å². The number of carbonyl (C=O) groups excluding carboxylic acids is 1. The molecule has 1 aliphatic carbocycles. The van der Waals surface area contributed by atoms with Gasteiger partial charge in [0.25, 0.3) is 5.91 Å². The van der Waals surface area contributed by atoms with E-state index in [1.165, 1.54) is 5.56 Å². The van der Waals surface area contributed by atoms with Gasteiger partial charge in [0.15, 0.2) is 5.76 Å². The maximum absolute atomic E-state index is 12.5. The van der Waals surface area contributed by atoms with Gasteiger partial charge in [-0.15, -0.1) is 0 Å². The van der Waals surface area contributed by atoms with E-state index in [2.05, 4.69) is 11.4 Å². The van der Waals surface area contributed by atoms with Crippen molar-refractivity contribution in [2.24, 2.45) is 5.73 Å². The lowest BCUT2D eigenvalue weighted by atomic mass is 10.3. The molecule has 100 valence electrons. The average molecular weight is 276 g/mol. The average Bonchev–Trinajstić information content (AvgIpc) is 2.95. The third-order valence-corrected chi connectivity index (χ3v) is 3.99. The molecule has 0 aliphatic heterocycles. The zero-order valence-electron chi connectivity index (χ0n) is 10.5. The molecule has 1 saturated carbocycles. The van der Waals surface area contributed by atoms with Gasteiger partial charge in [-0.05, 0) is 47.4 Å². The van der Waals surface area contributed by atoms with Crippen molar-refractivity contribution in [3.63, 3.8) is 0 Å². The molecular weight excluding hydrogens is 260 g/mol. The molecule has 0 atom stereocenters. The first-order valence-corrected chi connectivity index (χ1v) is 7.33. The molecule has 0 aromatic carbocycles. The fourth-order valence-corrected chi connectivity index (χ4v) is 2.74. The number of furan rings is 1. The van der Waals surface area contributed by atoms with Crippen LogP contribution in [0.2, 0.25) is 0 Å². The van der Waals surface area contributed by atoms with E-state index in [0.29, 0.717) is 30.7 Å². The van der Waals surface area contributed by atoms with Gasteiger partial charge in [0, 0.05) is 12.6 Å². The van der Waals surface area contributed by atoms with Crippen molar-refractivity contribution in [2.45, 2.75) is 32.0 Å². The van der Waals surface area contributed by atoms with Crippen molar-refractivity contribution < 1.29 is 9.21 Å². The summed E-state index contributed by atoms with van der Waals surface area (Å²) in [5, 5.41) is 4.11. The highest BCUT2D eigenvalue weighted by atomic mass is 32.1. The van der Waals surface area contributed by atoms with Crippen LogP contribution < -0.4 is 5.73 Å². The summed E-state index contributed by atoms with van der Waals surface area (Å²) in [6.07, 6.45) is 2.17. The molecular formula is C14H16N2O2S. The predicted octanol–water partition coefficient (Wildman–Crippen LogP) is 2.60. The van der Waals surface area contributed by atoms with Crippen molar-refractivity contribution >= 4 is 17.2 Å². The highest BCUT2D eigenvalue weighted by Gasteiger charge is 2.34. The summed E-state index contributed by atoms with van der Waals surface area (Å²) in [6.45, 7) is 0.979. The number of rotatable bonds is 5. The van der Waals surface area contributed by atoms with Gasteiger partial charge in [0.1, 0.15) is 5.76 Å². The Morgan fingerprint density at radius 2 is 2.26 bits per heavy atom. The van der Waals surface area contributed by atoms with E-state index in [0.717, 1.165) is 12.8 Å². The van der Waals surface area contributed by atoms with Gasteiger partial charge in [0.2, 0.25) is 0 Å². The molecule has 2 aromatic rings. The van der Waals surface area contributed by atoms with Gasteiger partial charge in [0.05, 0.1) is 6.54 Å². The van der Waals surface area contributed by atoms with Gasteiger partial charge in [-0.2, -0.15) is 11.3 Å². The molecule has 1 fully saturated rings. The van der Waals surface area contributed by atoms with E-state index in [1.54, 1.807) is 23.5 Å². The zero-order chi connectivity index (χ0) is 13.2. The number of nitrogens with zero attached hydrogens (tertiary/aromatic N) is 1. The molecule has 1 aliphatic rings.